The molecule has 76 valence electrons. The van der Waals surface area contributed by atoms with E-state index in [1.165, 1.54) is 0 Å². The number of fused-ring (bicyclic) bond motifs is 1. The Hall–Kier alpha value is -1.00. The molecule has 2 nitrogen and oxygen atoms in total. The Morgan fingerprint density at radius 3 is 2.79 bits per heavy atom. The standard InChI is InChI=1S/C10H11F2NO/c11-10(12)9-8(13)7-4-2-1-3-6(7)5-14-9/h1-4,8-10H,5,13H2. The molecule has 4 heteroatoms. The van der Waals surface area contributed by atoms with Crippen molar-refractivity contribution in [3.8, 4) is 0 Å². The predicted octanol–water partition coefficient (Wildman–Crippen LogP) is 1.85. The highest BCUT2D eigenvalue weighted by atomic mass is 19.3. The molecule has 1 aliphatic heterocycles. The van der Waals surface area contributed by atoms with E-state index in [4.69, 9.17) is 10.5 Å². The number of rotatable bonds is 1. The second-order valence-corrected chi connectivity index (χ2v) is 3.33. The smallest absolute Gasteiger partial charge is 0.266 e. The van der Waals surface area contributed by atoms with Crippen LogP contribution in [0.4, 0.5) is 8.78 Å². The Balaban J connectivity index is 2.31. The summed E-state index contributed by atoms with van der Waals surface area (Å²) in [5, 5.41) is 0. The van der Waals surface area contributed by atoms with Crippen LogP contribution in [0.25, 0.3) is 0 Å². The number of benzene rings is 1. The van der Waals surface area contributed by atoms with Crippen LogP contribution in [0.15, 0.2) is 24.3 Å². The number of halogens is 2. The highest BCUT2D eigenvalue weighted by Gasteiger charge is 2.33. The first-order valence-corrected chi connectivity index (χ1v) is 4.43. The fraction of sp³-hybridized carbons (Fsp3) is 0.400. The van der Waals surface area contributed by atoms with E-state index in [0.29, 0.717) is 0 Å². The van der Waals surface area contributed by atoms with Gasteiger partial charge in [-0.25, -0.2) is 8.78 Å². The Labute approximate surface area is 80.7 Å². The summed E-state index contributed by atoms with van der Waals surface area (Å²) in [5.41, 5.74) is 7.35. The van der Waals surface area contributed by atoms with Gasteiger partial charge in [-0.15, -0.1) is 0 Å². The molecule has 0 aliphatic carbocycles. The molecule has 2 N–H and O–H groups in total. The molecule has 0 fully saturated rings. The predicted molar refractivity (Wildman–Crippen MR) is 48.0 cm³/mol. The molecular weight excluding hydrogens is 188 g/mol. The van der Waals surface area contributed by atoms with E-state index < -0.39 is 18.6 Å². The maximum absolute atomic E-state index is 12.5. The first-order valence-electron chi connectivity index (χ1n) is 4.43. The van der Waals surface area contributed by atoms with Gasteiger partial charge >= 0.3 is 0 Å². The van der Waals surface area contributed by atoms with Gasteiger partial charge in [-0.05, 0) is 11.1 Å². The van der Waals surface area contributed by atoms with Gasteiger partial charge in [0.25, 0.3) is 6.43 Å². The van der Waals surface area contributed by atoms with Crippen molar-refractivity contribution < 1.29 is 13.5 Å². The van der Waals surface area contributed by atoms with Gasteiger partial charge < -0.3 is 10.5 Å². The van der Waals surface area contributed by atoms with Crippen molar-refractivity contribution in [1.29, 1.82) is 0 Å². The lowest BCUT2D eigenvalue weighted by atomic mass is 9.95. The lowest BCUT2D eigenvalue weighted by Crippen LogP contribution is -2.38. The largest absolute Gasteiger partial charge is 0.366 e. The van der Waals surface area contributed by atoms with Gasteiger partial charge in [0.1, 0.15) is 6.10 Å². The molecule has 14 heavy (non-hydrogen) atoms. The molecule has 0 saturated heterocycles. The molecule has 0 saturated carbocycles. The third-order valence-electron chi connectivity index (χ3n) is 2.45. The van der Waals surface area contributed by atoms with Crippen LogP contribution in [0.5, 0.6) is 0 Å². The summed E-state index contributed by atoms with van der Waals surface area (Å²) in [5.74, 6) is 0. The average molecular weight is 199 g/mol. The van der Waals surface area contributed by atoms with Crippen LogP contribution in [0.1, 0.15) is 17.2 Å². The van der Waals surface area contributed by atoms with Crippen LogP contribution in [-0.2, 0) is 11.3 Å². The van der Waals surface area contributed by atoms with Gasteiger partial charge in [-0.2, -0.15) is 0 Å². The summed E-state index contributed by atoms with van der Waals surface area (Å²) in [6.45, 7) is 0.221. The molecular formula is C10H11F2NO. The molecule has 0 radical (unpaired) electrons. The van der Waals surface area contributed by atoms with Gasteiger partial charge in [-0.3, -0.25) is 0 Å². The van der Waals surface area contributed by atoms with Crippen molar-refractivity contribution in [2.75, 3.05) is 0 Å². The number of alkyl halides is 2. The molecule has 1 aliphatic rings. The molecule has 0 spiro atoms. The summed E-state index contributed by atoms with van der Waals surface area (Å²) in [4.78, 5) is 0. The van der Waals surface area contributed by atoms with Crippen molar-refractivity contribution >= 4 is 0 Å². The monoisotopic (exact) mass is 199 g/mol. The Morgan fingerprint density at radius 2 is 2.07 bits per heavy atom. The summed E-state index contributed by atoms with van der Waals surface area (Å²) in [6.07, 6.45) is -3.71. The molecule has 0 amide bonds. The first-order chi connectivity index (χ1) is 6.70. The summed E-state index contributed by atoms with van der Waals surface area (Å²) in [6, 6.07) is 6.54. The maximum Gasteiger partial charge on any atom is 0.266 e. The van der Waals surface area contributed by atoms with Crippen LogP contribution in [0, 0.1) is 0 Å². The summed E-state index contributed by atoms with van der Waals surface area (Å²) < 4.78 is 29.9. The van der Waals surface area contributed by atoms with Gasteiger partial charge in [0.05, 0.1) is 12.6 Å². The van der Waals surface area contributed by atoms with E-state index in [2.05, 4.69) is 0 Å². The highest BCUT2D eigenvalue weighted by Crippen LogP contribution is 2.30. The van der Waals surface area contributed by atoms with Crippen LogP contribution in [-0.4, -0.2) is 12.5 Å². The summed E-state index contributed by atoms with van der Waals surface area (Å²) in [7, 11) is 0. The van der Waals surface area contributed by atoms with Gasteiger partial charge in [0.15, 0.2) is 0 Å². The van der Waals surface area contributed by atoms with E-state index in [9.17, 15) is 8.78 Å². The quantitative estimate of drug-likeness (QED) is 0.749. The second-order valence-electron chi connectivity index (χ2n) is 3.33. The van der Waals surface area contributed by atoms with E-state index in [1.807, 2.05) is 12.1 Å². The van der Waals surface area contributed by atoms with E-state index in [0.717, 1.165) is 11.1 Å². The van der Waals surface area contributed by atoms with Crippen LogP contribution >= 0.6 is 0 Å². The zero-order valence-electron chi connectivity index (χ0n) is 7.49. The maximum atomic E-state index is 12.5. The SMILES string of the molecule is NC1c2ccccc2COC1C(F)F. The van der Waals surface area contributed by atoms with Gasteiger partial charge in [0, 0.05) is 0 Å². The van der Waals surface area contributed by atoms with Crippen molar-refractivity contribution in [2.24, 2.45) is 5.73 Å². The fourth-order valence-electron chi connectivity index (χ4n) is 1.69. The van der Waals surface area contributed by atoms with E-state index in [1.54, 1.807) is 12.1 Å². The Bertz CT molecular complexity index is 330. The van der Waals surface area contributed by atoms with E-state index >= 15 is 0 Å². The number of hydrogen-bond acceptors (Lipinski definition) is 2. The van der Waals surface area contributed by atoms with Crippen molar-refractivity contribution in [3.05, 3.63) is 35.4 Å². The zero-order valence-corrected chi connectivity index (χ0v) is 7.49. The molecule has 0 bridgehead atoms. The minimum Gasteiger partial charge on any atom is -0.366 e. The lowest BCUT2D eigenvalue weighted by molar-refractivity contribution is -0.0850. The Morgan fingerprint density at radius 1 is 1.36 bits per heavy atom. The molecule has 2 unspecified atom stereocenters. The molecule has 0 aromatic heterocycles. The minimum absolute atomic E-state index is 0.221. The third kappa shape index (κ3) is 1.51. The summed E-state index contributed by atoms with van der Waals surface area (Å²) >= 11 is 0. The molecule has 1 heterocycles. The average Bonchev–Trinajstić information content (AvgIpc) is 2.18. The highest BCUT2D eigenvalue weighted by molar-refractivity contribution is 5.31. The molecule has 1 aromatic rings. The van der Waals surface area contributed by atoms with Crippen LogP contribution in [0.2, 0.25) is 0 Å². The molecule has 2 atom stereocenters. The van der Waals surface area contributed by atoms with Crippen LogP contribution in [0.3, 0.4) is 0 Å². The van der Waals surface area contributed by atoms with Crippen molar-refractivity contribution in [1.82, 2.24) is 0 Å². The number of ether oxygens (including phenoxy) is 1. The van der Waals surface area contributed by atoms with Gasteiger partial charge in [-0.1, -0.05) is 24.3 Å². The second kappa shape index (κ2) is 3.63. The van der Waals surface area contributed by atoms with Gasteiger partial charge in [0.2, 0.25) is 0 Å². The molecule has 1 aromatic carbocycles. The number of hydrogen-bond donors (Lipinski definition) is 1. The Kier molecular flexibility index (Phi) is 2.48. The van der Waals surface area contributed by atoms with Crippen molar-refractivity contribution in [2.45, 2.75) is 25.2 Å². The zero-order chi connectivity index (χ0) is 10.1. The van der Waals surface area contributed by atoms with Crippen molar-refractivity contribution in [3.63, 3.8) is 0 Å². The third-order valence-corrected chi connectivity index (χ3v) is 2.45. The van der Waals surface area contributed by atoms with E-state index in [-0.39, 0.29) is 6.61 Å². The van der Waals surface area contributed by atoms with Crippen LogP contribution < -0.4 is 5.73 Å². The normalized spacial score (nSPS) is 26.3. The minimum atomic E-state index is -2.53. The lowest BCUT2D eigenvalue weighted by Gasteiger charge is -2.30. The molecule has 2 rings (SSSR count). The number of nitrogens with two attached hydrogens (primary N) is 1. The fourth-order valence-corrected chi connectivity index (χ4v) is 1.69. The first kappa shape index (κ1) is 9.55. The topological polar surface area (TPSA) is 35.2 Å².